The van der Waals surface area contributed by atoms with E-state index in [1.54, 1.807) is 7.85 Å². The summed E-state index contributed by atoms with van der Waals surface area (Å²) in [5.41, 5.74) is 0. The average molecular weight is 208 g/mol. The second-order valence-corrected chi connectivity index (χ2v) is 4.77. The zero-order valence-corrected chi connectivity index (χ0v) is 8.08. The van der Waals surface area contributed by atoms with Gasteiger partial charge in [0.2, 0.25) is 0 Å². The fourth-order valence-corrected chi connectivity index (χ4v) is 1.57. The van der Waals surface area contributed by atoms with E-state index in [4.69, 9.17) is 14.5 Å². The summed E-state index contributed by atoms with van der Waals surface area (Å²) in [5, 5.41) is 0. The summed E-state index contributed by atoms with van der Waals surface area (Å²) in [5.74, 6) is -0.475. The van der Waals surface area contributed by atoms with Crippen molar-refractivity contribution in [3.05, 3.63) is 11.9 Å². The van der Waals surface area contributed by atoms with Crippen LogP contribution in [0.1, 0.15) is 6.42 Å². The Bertz CT molecular complexity index is 263. The van der Waals surface area contributed by atoms with Crippen LogP contribution in [0, 0.1) is 0 Å². The molecule has 2 unspecified atom stereocenters. The molecule has 7 heteroatoms. The van der Waals surface area contributed by atoms with Crippen molar-refractivity contribution in [2.75, 3.05) is 6.35 Å². The second-order valence-electron chi connectivity index (χ2n) is 3.19. The Hall–Kier alpha value is -0.155. The third-order valence-corrected chi connectivity index (χ3v) is 2.34. The molecule has 4 nitrogen and oxygen atoms in total. The molecule has 1 rings (SSSR count). The Kier molecular flexibility index (Phi) is 3.30. The standard InChI is InChI=1S/C6H11BFO4P/c7-5-1-4(2-6(5)8)12-3-13(9,10)11/h2,4-5H,1,3,7H2,(H2,9,10,11). The molecular weight excluding hydrogens is 197 g/mol. The van der Waals surface area contributed by atoms with Crippen LogP contribution in [0.3, 0.4) is 0 Å². The van der Waals surface area contributed by atoms with Crippen molar-refractivity contribution in [1.82, 2.24) is 0 Å². The predicted molar refractivity (Wildman–Crippen MR) is 47.9 cm³/mol. The van der Waals surface area contributed by atoms with E-state index < -0.39 is 20.0 Å². The Morgan fingerprint density at radius 2 is 2.38 bits per heavy atom. The summed E-state index contributed by atoms with van der Waals surface area (Å²) in [6, 6.07) is 0. The first-order chi connectivity index (χ1) is 5.88. The van der Waals surface area contributed by atoms with Crippen molar-refractivity contribution in [2.24, 2.45) is 0 Å². The quantitative estimate of drug-likeness (QED) is 0.512. The number of hydrogen-bond acceptors (Lipinski definition) is 2. The molecule has 0 aliphatic heterocycles. The maximum absolute atomic E-state index is 12.8. The normalized spacial score (nSPS) is 29.0. The van der Waals surface area contributed by atoms with Crippen molar-refractivity contribution in [3.8, 4) is 0 Å². The highest BCUT2D eigenvalue weighted by atomic mass is 31.2. The summed E-state index contributed by atoms with van der Waals surface area (Å²) in [6.45, 7) is 0. The predicted octanol–water partition coefficient (Wildman–Crippen LogP) is 0.185. The highest BCUT2D eigenvalue weighted by Gasteiger charge is 2.25. The van der Waals surface area contributed by atoms with Gasteiger partial charge in [0.25, 0.3) is 0 Å². The lowest BCUT2D eigenvalue weighted by Gasteiger charge is -2.10. The van der Waals surface area contributed by atoms with Crippen molar-refractivity contribution in [2.45, 2.75) is 18.3 Å². The highest BCUT2D eigenvalue weighted by molar-refractivity contribution is 7.51. The third-order valence-electron chi connectivity index (χ3n) is 1.86. The monoisotopic (exact) mass is 208 g/mol. The summed E-state index contributed by atoms with van der Waals surface area (Å²) >= 11 is 0. The van der Waals surface area contributed by atoms with Gasteiger partial charge in [-0.2, -0.15) is 0 Å². The topological polar surface area (TPSA) is 66.8 Å². The van der Waals surface area contributed by atoms with Crippen LogP contribution in [-0.2, 0) is 9.30 Å². The van der Waals surface area contributed by atoms with E-state index in [0.717, 1.165) is 0 Å². The van der Waals surface area contributed by atoms with Gasteiger partial charge in [0.15, 0.2) is 0 Å². The van der Waals surface area contributed by atoms with E-state index in [2.05, 4.69) is 0 Å². The Balaban J connectivity index is 2.38. The summed E-state index contributed by atoms with van der Waals surface area (Å²) < 4.78 is 28.0. The summed E-state index contributed by atoms with van der Waals surface area (Å²) in [4.78, 5) is 17.0. The average Bonchev–Trinajstić information content (AvgIpc) is 2.27. The van der Waals surface area contributed by atoms with Gasteiger partial charge in [-0.25, -0.2) is 4.39 Å². The number of hydrogen-bond donors (Lipinski definition) is 2. The molecule has 0 saturated heterocycles. The lowest BCUT2D eigenvalue weighted by atomic mass is 9.86. The van der Waals surface area contributed by atoms with Gasteiger partial charge in [0.1, 0.15) is 14.2 Å². The molecule has 0 spiro atoms. The zero-order valence-electron chi connectivity index (χ0n) is 7.18. The molecule has 74 valence electrons. The maximum Gasteiger partial charge on any atom is 0.351 e. The van der Waals surface area contributed by atoms with Crippen LogP contribution < -0.4 is 0 Å². The summed E-state index contributed by atoms with van der Waals surface area (Å²) in [7, 11) is -2.43. The molecule has 0 fully saturated rings. The Morgan fingerprint density at radius 3 is 2.77 bits per heavy atom. The van der Waals surface area contributed by atoms with Crippen LogP contribution in [0.2, 0.25) is 5.82 Å². The van der Waals surface area contributed by atoms with E-state index in [1.165, 1.54) is 6.08 Å². The minimum absolute atomic E-state index is 0.207. The lowest BCUT2D eigenvalue weighted by Crippen LogP contribution is -2.08. The molecular formula is C6H11BFO4P. The van der Waals surface area contributed by atoms with Crippen molar-refractivity contribution in [3.63, 3.8) is 0 Å². The van der Waals surface area contributed by atoms with Gasteiger partial charge < -0.3 is 14.5 Å². The number of rotatable bonds is 3. The van der Waals surface area contributed by atoms with Gasteiger partial charge in [-0.3, -0.25) is 4.57 Å². The molecule has 2 N–H and O–H groups in total. The second kappa shape index (κ2) is 3.92. The van der Waals surface area contributed by atoms with E-state index in [-0.39, 0.29) is 11.6 Å². The Morgan fingerprint density at radius 1 is 1.77 bits per heavy atom. The first-order valence-corrected chi connectivity index (χ1v) is 5.71. The molecule has 13 heavy (non-hydrogen) atoms. The first kappa shape index (κ1) is 10.9. The van der Waals surface area contributed by atoms with Crippen molar-refractivity contribution < 1.29 is 23.5 Å². The first-order valence-electron chi connectivity index (χ1n) is 3.92. The number of allylic oxidation sites excluding steroid dienone is 1. The molecule has 0 aromatic rings. The molecule has 0 saturated carbocycles. The number of ether oxygens (including phenoxy) is 1. The summed E-state index contributed by atoms with van der Waals surface area (Å²) in [6.07, 6.45) is 0.572. The van der Waals surface area contributed by atoms with E-state index in [1.807, 2.05) is 0 Å². The molecule has 1 aliphatic carbocycles. The molecule has 0 bridgehead atoms. The molecule has 2 atom stereocenters. The lowest BCUT2D eigenvalue weighted by molar-refractivity contribution is 0.108. The molecule has 1 aliphatic rings. The zero-order chi connectivity index (χ0) is 10.1. The fraction of sp³-hybridized carbons (Fsp3) is 0.667. The third kappa shape index (κ3) is 3.61. The van der Waals surface area contributed by atoms with E-state index in [9.17, 15) is 8.96 Å². The smallest absolute Gasteiger partial charge is 0.351 e. The molecule has 0 heterocycles. The molecule has 0 aromatic carbocycles. The van der Waals surface area contributed by atoms with Gasteiger partial charge >= 0.3 is 7.60 Å². The minimum Gasteiger partial charge on any atom is -0.361 e. The SMILES string of the molecule is BC1CC(OCP(=O)(O)O)C=C1F. The molecule has 0 aromatic heterocycles. The van der Waals surface area contributed by atoms with Crippen LogP contribution in [0.4, 0.5) is 4.39 Å². The van der Waals surface area contributed by atoms with Crippen LogP contribution >= 0.6 is 7.60 Å². The van der Waals surface area contributed by atoms with Crippen LogP contribution in [0.15, 0.2) is 11.9 Å². The minimum atomic E-state index is -4.13. The van der Waals surface area contributed by atoms with E-state index in [0.29, 0.717) is 6.42 Å². The van der Waals surface area contributed by atoms with Crippen LogP contribution in [0.5, 0.6) is 0 Å². The van der Waals surface area contributed by atoms with Crippen molar-refractivity contribution in [1.29, 1.82) is 0 Å². The van der Waals surface area contributed by atoms with Crippen molar-refractivity contribution >= 4 is 15.4 Å². The largest absolute Gasteiger partial charge is 0.361 e. The Labute approximate surface area is 76.4 Å². The van der Waals surface area contributed by atoms with Gasteiger partial charge in [0, 0.05) is 0 Å². The highest BCUT2D eigenvalue weighted by Crippen LogP contribution is 2.37. The van der Waals surface area contributed by atoms with Gasteiger partial charge in [-0.1, -0.05) is 0 Å². The van der Waals surface area contributed by atoms with Crippen LogP contribution in [-0.4, -0.2) is 30.1 Å². The van der Waals surface area contributed by atoms with Gasteiger partial charge in [-0.05, 0) is 18.3 Å². The molecule has 0 amide bonds. The molecule has 0 radical (unpaired) electrons. The van der Waals surface area contributed by atoms with Crippen LogP contribution in [0.25, 0.3) is 0 Å². The number of halogens is 1. The van der Waals surface area contributed by atoms with E-state index >= 15 is 0 Å². The maximum atomic E-state index is 12.8. The fourth-order valence-electron chi connectivity index (χ4n) is 1.18. The van der Waals surface area contributed by atoms with Gasteiger partial charge in [0.05, 0.1) is 11.9 Å². The van der Waals surface area contributed by atoms with Gasteiger partial charge in [-0.15, -0.1) is 0 Å².